The van der Waals surface area contributed by atoms with Crippen LogP contribution in [0.25, 0.3) is 0 Å². The lowest BCUT2D eigenvalue weighted by Crippen LogP contribution is -2.11. The van der Waals surface area contributed by atoms with Crippen molar-refractivity contribution in [1.29, 1.82) is 0 Å². The molecular weight excluding hydrogens is 200 g/mol. The van der Waals surface area contributed by atoms with Gasteiger partial charge in [-0.3, -0.25) is 0 Å². The molecule has 1 fully saturated rings. The summed E-state index contributed by atoms with van der Waals surface area (Å²) in [5.74, 6) is 1.62. The molecule has 2 rings (SSSR count). The van der Waals surface area contributed by atoms with Crippen LogP contribution in [0.1, 0.15) is 19.3 Å². The van der Waals surface area contributed by atoms with Crippen LogP contribution in [-0.4, -0.2) is 16.7 Å². The largest absolute Gasteiger partial charge is 0.475 e. The molecule has 0 unspecified atom stereocenters. The molecule has 0 radical (unpaired) electrons. The third-order valence-electron chi connectivity index (χ3n) is 2.96. The van der Waals surface area contributed by atoms with Gasteiger partial charge in [-0.25, -0.2) is 0 Å². The van der Waals surface area contributed by atoms with Crippen LogP contribution in [0.3, 0.4) is 0 Å². The van der Waals surface area contributed by atoms with Gasteiger partial charge in [0.05, 0.1) is 0 Å². The van der Waals surface area contributed by atoms with Crippen LogP contribution in [0.2, 0.25) is 0 Å². The summed E-state index contributed by atoms with van der Waals surface area (Å²) in [7, 11) is 0. The molecule has 0 heterocycles. The summed E-state index contributed by atoms with van der Waals surface area (Å²) in [5, 5.41) is 0. The van der Waals surface area contributed by atoms with E-state index in [1.807, 2.05) is 6.26 Å². The van der Waals surface area contributed by atoms with Crippen LogP contribution in [0, 0.1) is 11.8 Å². The van der Waals surface area contributed by atoms with Crippen LogP contribution in [0.15, 0.2) is 12.2 Å². The van der Waals surface area contributed by atoms with Gasteiger partial charge in [-0.2, -0.15) is 0 Å². The number of rotatable bonds is 1. The lowest BCUT2D eigenvalue weighted by Gasteiger charge is -2.12. The topological polar surface area (TPSA) is 9.23 Å². The minimum Gasteiger partial charge on any atom is -0.475 e. The molecule has 0 bridgehead atoms. The van der Waals surface area contributed by atoms with Crippen molar-refractivity contribution >= 4 is 28.4 Å². The number of ether oxygens (including phenoxy) is 1. The molecule has 0 amide bonds. The summed E-state index contributed by atoms with van der Waals surface area (Å²) in [6, 6.07) is 0. The zero-order valence-electron chi connectivity index (χ0n) is 7.73. The Morgan fingerprint density at radius 3 is 3.08 bits per heavy atom. The lowest BCUT2D eigenvalue weighted by atomic mass is 10.0. The molecule has 0 spiro atoms. The van der Waals surface area contributed by atoms with Crippen LogP contribution < -0.4 is 0 Å². The first kappa shape index (κ1) is 9.53. The van der Waals surface area contributed by atoms with E-state index in [1.54, 1.807) is 0 Å². The number of thiocarbonyl (C=S) groups is 1. The van der Waals surface area contributed by atoms with Crippen molar-refractivity contribution in [2.45, 2.75) is 25.4 Å². The van der Waals surface area contributed by atoms with E-state index in [0.717, 1.165) is 11.8 Å². The van der Waals surface area contributed by atoms with Crippen molar-refractivity contribution in [2.75, 3.05) is 6.26 Å². The van der Waals surface area contributed by atoms with Gasteiger partial charge in [0.25, 0.3) is 0 Å². The minimum absolute atomic E-state index is 0.389. The van der Waals surface area contributed by atoms with E-state index < -0.39 is 0 Å². The van der Waals surface area contributed by atoms with Crippen LogP contribution >= 0.6 is 24.0 Å². The number of allylic oxidation sites excluding steroid dienone is 2. The quantitative estimate of drug-likeness (QED) is 0.490. The molecule has 72 valence electrons. The van der Waals surface area contributed by atoms with Crippen LogP contribution in [0.5, 0.6) is 0 Å². The maximum Gasteiger partial charge on any atom is 0.219 e. The summed E-state index contributed by atoms with van der Waals surface area (Å²) < 4.78 is 6.36. The molecule has 0 N–H and O–H groups in total. The van der Waals surface area contributed by atoms with Crippen molar-refractivity contribution in [1.82, 2.24) is 0 Å². The molecule has 0 aromatic rings. The fourth-order valence-corrected chi connectivity index (χ4v) is 2.69. The van der Waals surface area contributed by atoms with E-state index in [0.29, 0.717) is 10.5 Å². The van der Waals surface area contributed by atoms with Crippen LogP contribution in [0.4, 0.5) is 0 Å². The predicted octanol–water partition coefficient (Wildman–Crippen LogP) is 3.01. The first-order valence-electron chi connectivity index (χ1n) is 4.71. The summed E-state index contributed by atoms with van der Waals surface area (Å²) in [5.41, 5.74) is 0. The van der Waals surface area contributed by atoms with E-state index in [9.17, 15) is 0 Å². The van der Waals surface area contributed by atoms with Gasteiger partial charge < -0.3 is 4.74 Å². The molecule has 1 saturated carbocycles. The summed E-state index contributed by atoms with van der Waals surface area (Å²) in [4.78, 5) is 0. The third kappa shape index (κ3) is 2.08. The van der Waals surface area contributed by atoms with Gasteiger partial charge in [-0.15, -0.1) is 0 Å². The van der Waals surface area contributed by atoms with Crippen molar-refractivity contribution in [3.05, 3.63) is 12.2 Å². The second-order valence-electron chi connectivity index (χ2n) is 3.75. The molecule has 2 aliphatic carbocycles. The van der Waals surface area contributed by atoms with Gasteiger partial charge in [0.15, 0.2) is 0 Å². The van der Waals surface area contributed by atoms with Gasteiger partial charge in [0.1, 0.15) is 6.10 Å². The Hall–Kier alpha value is -0.0200. The lowest BCUT2D eigenvalue weighted by molar-refractivity contribution is 0.202. The maximum atomic E-state index is 5.66. The Kier molecular flexibility index (Phi) is 2.94. The molecule has 0 saturated heterocycles. The van der Waals surface area contributed by atoms with E-state index in [1.165, 1.54) is 31.0 Å². The van der Waals surface area contributed by atoms with Gasteiger partial charge in [0.2, 0.25) is 4.38 Å². The van der Waals surface area contributed by atoms with E-state index in [4.69, 9.17) is 17.0 Å². The Balaban J connectivity index is 1.85. The van der Waals surface area contributed by atoms with Crippen molar-refractivity contribution in [3.63, 3.8) is 0 Å². The highest BCUT2D eigenvalue weighted by Crippen LogP contribution is 2.41. The number of thioether (sulfide) groups is 1. The zero-order valence-corrected chi connectivity index (χ0v) is 9.37. The molecule has 1 nitrogen and oxygen atoms in total. The zero-order chi connectivity index (χ0) is 9.26. The fourth-order valence-electron chi connectivity index (χ4n) is 2.32. The van der Waals surface area contributed by atoms with Gasteiger partial charge in [0, 0.05) is 0 Å². The Bertz CT molecular complexity index is 237. The van der Waals surface area contributed by atoms with Crippen molar-refractivity contribution in [2.24, 2.45) is 11.8 Å². The summed E-state index contributed by atoms with van der Waals surface area (Å²) in [6.45, 7) is 0. The number of fused-ring (bicyclic) bond motifs is 1. The first-order chi connectivity index (χ1) is 6.29. The summed E-state index contributed by atoms with van der Waals surface area (Å²) >= 11 is 6.58. The fraction of sp³-hybridized carbons (Fsp3) is 0.700. The monoisotopic (exact) mass is 214 g/mol. The molecule has 3 heteroatoms. The highest BCUT2D eigenvalue weighted by molar-refractivity contribution is 8.22. The van der Waals surface area contributed by atoms with Crippen LogP contribution in [-0.2, 0) is 4.74 Å². The highest BCUT2D eigenvalue weighted by atomic mass is 32.2. The molecule has 13 heavy (non-hydrogen) atoms. The average molecular weight is 214 g/mol. The number of hydrogen-bond donors (Lipinski definition) is 0. The maximum absolute atomic E-state index is 5.66. The molecular formula is C10H14OS2. The molecule has 0 aliphatic heterocycles. The summed E-state index contributed by atoms with van der Waals surface area (Å²) in [6.07, 6.45) is 10.6. The Morgan fingerprint density at radius 2 is 2.38 bits per heavy atom. The molecule has 2 aliphatic rings. The minimum atomic E-state index is 0.389. The standard InChI is InChI=1S/C10H14OS2/c1-13-10(12)11-9-5-7-3-2-4-8(7)6-9/h2-3,7-9H,4-6H2,1H3/t7-,8+,9+/m1/s1. The SMILES string of the molecule is CSC(=S)O[C@@H]1C[C@@H]2CC=C[C@@H]2C1. The van der Waals surface area contributed by atoms with E-state index in [-0.39, 0.29) is 0 Å². The molecule has 0 aromatic carbocycles. The van der Waals surface area contributed by atoms with E-state index in [2.05, 4.69) is 12.2 Å². The predicted molar refractivity (Wildman–Crippen MR) is 61.0 cm³/mol. The Labute approximate surface area is 88.9 Å². The van der Waals surface area contributed by atoms with Crippen molar-refractivity contribution < 1.29 is 4.74 Å². The number of hydrogen-bond acceptors (Lipinski definition) is 3. The second-order valence-corrected chi connectivity index (χ2v) is 5.16. The van der Waals surface area contributed by atoms with Crippen molar-refractivity contribution in [3.8, 4) is 0 Å². The van der Waals surface area contributed by atoms with Gasteiger partial charge in [-0.05, 0) is 49.6 Å². The smallest absolute Gasteiger partial charge is 0.219 e. The van der Waals surface area contributed by atoms with E-state index >= 15 is 0 Å². The normalized spacial score (nSPS) is 36.2. The highest BCUT2D eigenvalue weighted by Gasteiger charge is 2.35. The van der Waals surface area contributed by atoms with Gasteiger partial charge >= 0.3 is 0 Å². The average Bonchev–Trinajstić information content (AvgIpc) is 2.63. The Morgan fingerprint density at radius 1 is 1.54 bits per heavy atom. The first-order valence-corrected chi connectivity index (χ1v) is 6.34. The molecule has 3 atom stereocenters. The van der Waals surface area contributed by atoms with Gasteiger partial charge in [-0.1, -0.05) is 23.9 Å². The second kappa shape index (κ2) is 4.01. The third-order valence-corrected chi connectivity index (χ3v) is 3.98. The molecule has 0 aromatic heterocycles.